The largest absolute Gasteiger partial charge is 0.393 e. The molecule has 0 radical (unpaired) electrons. The number of aliphatic hydroxyl groups excluding tert-OH is 1. The summed E-state index contributed by atoms with van der Waals surface area (Å²) < 4.78 is 0. The molecule has 4 heteroatoms. The SMILES string of the molecule is CN(CC1CCCC1O)C(=O)NC(c1ccccc1)C1CC1. The van der Waals surface area contributed by atoms with Crippen molar-refractivity contribution >= 4 is 6.03 Å². The summed E-state index contributed by atoms with van der Waals surface area (Å²) in [7, 11) is 1.83. The summed E-state index contributed by atoms with van der Waals surface area (Å²) in [6.07, 6.45) is 5.08. The van der Waals surface area contributed by atoms with Crippen LogP contribution in [-0.2, 0) is 0 Å². The summed E-state index contributed by atoms with van der Waals surface area (Å²) in [6, 6.07) is 10.3. The normalized spacial score (nSPS) is 25.7. The first kappa shape index (κ1) is 15.3. The molecule has 2 amide bonds. The number of nitrogens with one attached hydrogen (secondary N) is 1. The van der Waals surface area contributed by atoms with Crippen molar-refractivity contribution in [2.45, 2.75) is 44.2 Å². The average molecular weight is 302 g/mol. The molecule has 0 spiro atoms. The number of nitrogens with zero attached hydrogens (tertiary/aromatic N) is 1. The van der Waals surface area contributed by atoms with Crippen molar-refractivity contribution in [1.82, 2.24) is 10.2 Å². The molecule has 0 aliphatic heterocycles. The van der Waals surface area contributed by atoms with E-state index in [1.807, 2.05) is 25.2 Å². The fraction of sp³-hybridized carbons (Fsp3) is 0.611. The zero-order chi connectivity index (χ0) is 15.5. The maximum Gasteiger partial charge on any atom is 0.317 e. The van der Waals surface area contributed by atoms with Gasteiger partial charge in [0.05, 0.1) is 12.1 Å². The Kier molecular flexibility index (Phi) is 4.67. The minimum absolute atomic E-state index is 0.0279. The summed E-state index contributed by atoms with van der Waals surface area (Å²) in [6.45, 7) is 0.638. The van der Waals surface area contributed by atoms with Crippen LogP contribution in [0.1, 0.15) is 43.7 Å². The summed E-state index contributed by atoms with van der Waals surface area (Å²) >= 11 is 0. The van der Waals surface area contributed by atoms with Crippen LogP contribution in [0.5, 0.6) is 0 Å². The Morgan fingerprint density at radius 1 is 1.27 bits per heavy atom. The molecular formula is C18H26N2O2. The number of benzene rings is 1. The molecule has 1 aromatic carbocycles. The zero-order valence-electron chi connectivity index (χ0n) is 13.2. The zero-order valence-corrected chi connectivity index (χ0v) is 13.2. The van der Waals surface area contributed by atoms with Gasteiger partial charge in [-0.05, 0) is 37.2 Å². The van der Waals surface area contributed by atoms with Crippen molar-refractivity contribution in [2.24, 2.45) is 11.8 Å². The van der Waals surface area contributed by atoms with Gasteiger partial charge in [0, 0.05) is 19.5 Å². The number of hydrogen-bond donors (Lipinski definition) is 2. The first-order valence-electron chi connectivity index (χ1n) is 8.40. The molecule has 1 aromatic rings. The maximum absolute atomic E-state index is 12.5. The van der Waals surface area contributed by atoms with Gasteiger partial charge in [0.25, 0.3) is 0 Å². The molecule has 0 saturated heterocycles. The summed E-state index contributed by atoms with van der Waals surface area (Å²) in [4.78, 5) is 14.2. The van der Waals surface area contributed by atoms with Crippen LogP contribution in [0, 0.1) is 11.8 Å². The van der Waals surface area contributed by atoms with Crippen LogP contribution in [0.4, 0.5) is 4.79 Å². The molecule has 3 rings (SSSR count). The Hall–Kier alpha value is -1.55. The predicted molar refractivity (Wildman–Crippen MR) is 86.4 cm³/mol. The molecule has 2 N–H and O–H groups in total. The summed E-state index contributed by atoms with van der Waals surface area (Å²) in [5.41, 5.74) is 1.19. The molecule has 0 aromatic heterocycles. The lowest BCUT2D eigenvalue weighted by molar-refractivity contribution is 0.113. The quantitative estimate of drug-likeness (QED) is 0.878. The van der Waals surface area contributed by atoms with Crippen molar-refractivity contribution < 1.29 is 9.90 Å². The number of carbonyl (C=O) groups excluding carboxylic acids is 1. The van der Waals surface area contributed by atoms with Crippen LogP contribution in [0.3, 0.4) is 0 Å². The smallest absolute Gasteiger partial charge is 0.317 e. The van der Waals surface area contributed by atoms with E-state index in [-0.39, 0.29) is 24.1 Å². The average Bonchev–Trinajstić information content (AvgIpc) is 3.29. The van der Waals surface area contributed by atoms with Crippen molar-refractivity contribution in [1.29, 1.82) is 0 Å². The third kappa shape index (κ3) is 3.61. The van der Waals surface area contributed by atoms with Crippen molar-refractivity contribution in [2.75, 3.05) is 13.6 Å². The second-order valence-corrected chi connectivity index (χ2v) is 6.81. The maximum atomic E-state index is 12.5. The molecule has 2 fully saturated rings. The molecule has 22 heavy (non-hydrogen) atoms. The number of amides is 2. The van der Waals surface area contributed by atoms with Gasteiger partial charge >= 0.3 is 6.03 Å². The van der Waals surface area contributed by atoms with Crippen molar-refractivity contribution in [3.63, 3.8) is 0 Å². The van der Waals surface area contributed by atoms with Crippen molar-refractivity contribution in [3.8, 4) is 0 Å². The van der Waals surface area contributed by atoms with E-state index in [4.69, 9.17) is 0 Å². The van der Waals surface area contributed by atoms with E-state index in [9.17, 15) is 9.90 Å². The molecule has 120 valence electrons. The van der Waals surface area contributed by atoms with E-state index < -0.39 is 0 Å². The van der Waals surface area contributed by atoms with Crippen LogP contribution in [0.25, 0.3) is 0 Å². The Bertz CT molecular complexity index is 501. The second-order valence-electron chi connectivity index (χ2n) is 6.81. The highest BCUT2D eigenvalue weighted by atomic mass is 16.3. The third-order valence-corrected chi connectivity index (χ3v) is 5.01. The Morgan fingerprint density at radius 3 is 2.59 bits per heavy atom. The Labute approximate surface area is 132 Å². The van der Waals surface area contributed by atoms with Crippen LogP contribution < -0.4 is 5.32 Å². The fourth-order valence-corrected chi connectivity index (χ4v) is 3.47. The highest BCUT2D eigenvalue weighted by Crippen LogP contribution is 2.41. The van der Waals surface area contributed by atoms with Crippen LogP contribution in [0.15, 0.2) is 30.3 Å². The van der Waals surface area contributed by atoms with Gasteiger partial charge in [0.15, 0.2) is 0 Å². The minimum atomic E-state index is -0.247. The molecule has 0 bridgehead atoms. The van der Waals surface area contributed by atoms with Gasteiger partial charge in [-0.15, -0.1) is 0 Å². The molecule has 2 aliphatic rings. The fourth-order valence-electron chi connectivity index (χ4n) is 3.47. The van der Waals surface area contributed by atoms with E-state index in [2.05, 4.69) is 17.4 Å². The number of rotatable bonds is 5. The summed E-state index contributed by atoms with van der Waals surface area (Å²) in [5.74, 6) is 0.795. The van der Waals surface area contributed by atoms with Gasteiger partial charge in [0.2, 0.25) is 0 Å². The third-order valence-electron chi connectivity index (χ3n) is 5.01. The summed E-state index contributed by atoms with van der Waals surface area (Å²) in [5, 5.41) is 13.1. The molecule has 2 aliphatic carbocycles. The lowest BCUT2D eigenvalue weighted by atomic mass is 10.0. The van der Waals surface area contributed by atoms with E-state index in [0.29, 0.717) is 12.5 Å². The van der Waals surface area contributed by atoms with Crippen LogP contribution >= 0.6 is 0 Å². The second kappa shape index (κ2) is 6.69. The number of urea groups is 1. The van der Waals surface area contributed by atoms with Gasteiger partial charge in [-0.25, -0.2) is 4.79 Å². The van der Waals surface area contributed by atoms with Crippen molar-refractivity contribution in [3.05, 3.63) is 35.9 Å². The molecule has 3 unspecified atom stereocenters. The Balaban J connectivity index is 1.59. The number of carbonyl (C=O) groups is 1. The first-order chi connectivity index (χ1) is 10.6. The van der Waals surface area contributed by atoms with Crippen LogP contribution in [0.2, 0.25) is 0 Å². The van der Waals surface area contributed by atoms with E-state index in [1.165, 1.54) is 18.4 Å². The van der Waals surface area contributed by atoms with Gasteiger partial charge in [-0.2, -0.15) is 0 Å². The Morgan fingerprint density at radius 2 is 2.00 bits per heavy atom. The van der Waals surface area contributed by atoms with E-state index in [1.54, 1.807) is 4.90 Å². The number of aliphatic hydroxyl groups is 1. The van der Waals surface area contributed by atoms with E-state index in [0.717, 1.165) is 19.3 Å². The standard InChI is InChI=1S/C18H26N2O2/c1-20(12-15-8-5-9-16(15)21)18(22)19-17(14-10-11-14)13-6-3-2-4-7-13/h2-4,6-7,14-17,21H,5,8-12H2,1H3,(H,19,22). The first-order valence-corrected chi connectivity index (χ1v) is 8.40. The molecular weight excluding hydrogens is 276 g/mol. The van der Waals surface area contributed by atoms with Gasteiger partial charge < -0.3 is 15.3 Å². The van der Waals surface area contributed by atoms with E-state index >= 15 is 0 Å². The molecule has 0 heterocycles. The highest BCUT2D eigenvalue weighted by Gasteiger charge is 2.34. The topological polar surface area (TPSA) is 52.6 Å². The molecule has 2 saturated carbocycles. The lowest BCUT2D eigenvalue weighted by Gasteiger charge is -2.27. The monoisotopic (exact) mass is 302 g/mol. The van der Waals surface area contributed by atoms with Gasteiger partial charge in [0.1, 0.15) is 0 Å². The van der Waals surface area contributed by atoms with Gasteiger partial charge in [-0.1, -0.05) is 36.8 Å². The lowest BCUT2D eigenvalue weighted by Crippen LogP contribution is -2.43. The van der Waals surface area contributed by atoms with Gasteiger partial charge in [-0.3, -0.25) is 0 Å². The predicted octanol–water partition coefficient (Wildman–Crippen LogP) is 2.94. The minimum Gasteiger partial charge on any atom is -0.393 e. The molecule has 3 atom stereocenters. The number of hydrogen-bond acceptors (Lipinski definition) is 2. The molecule has 4 nitrogen and oxygen atoms in total. The van der Waals surface area contributed by atoms with Crippen LogP contribution in [-0.4, -0.2) is 35.7 Å². The highest BCUT2D eigenvalue weighted by molar-refractivity contribution is 5.74.